The Balaban J connectivity index is 0.00000400. The third kappa shape index (κ3) is 6.53. The largest absolute Gasteiger partial charge is 0.497 e. The van der Waals surface area contributed by atoms with Crippen molar-refractivity contribution in [2.24, 2.45) is 5.92 Å². The van der Waals surface area contributed by atoms with E-state index in [4.69, 9.17) is 14.2 Å². The second-order valence-electron chi connectivity index (χ2n) is 9.82. The van der Waals surface area contributed by atoms with Gasteiger partial charge >= 0.3 is 5.97 Å². The molecule has 0 bridgehead atoms. The molecule has 3 atom stereocenters. The van der Waals surface area contributed by atoms with E-state index in [2.05, 4.69) is 13.8 Å². The van der Waals surface area contributed by atoms with E-state index >= 15 is 0 Å². The van der Waals surface area contributed by atoms with Gasteiger partial charge in [-0.2, -0.15) is 0 Å². The number of rotatable bonds is 12. The maximum Gasteiger partial charge on any atom is 0.309 e. The van der Waals surface area contributed by atoms with Gasteiger partial charge in [-0.25, -0.2) is 0 Å². The first-order valence-corrected chi connectivity index (χ1v) is 13.2. The molecule has 2 aliphatic rings. The lowest BCUT2D eigenvalue weighted by atomic mass is 9.82. The van der Waals surface area contributed by atoms with Crippen molar-refractivity contribution < 1.29 is 28.9 Å². The van der Waals surface area contributed by atoms with Crippen molar-refractivity contribution in [3.63, 3.8) is 0 Å². The summed E-state index contributed by atoms with van der Waals surface area (Å²) in [6.07, 6.45) is 3.94. The SMILES string of the molecule is CCCCN(CCCC)C(=O)CN1C[C@H](c2ccc3c(c2)OCO3)[C@H](C(=O)O)[C@H]1c1ccc(OC)cc1.Cl. The summed E-state index contributed by atoms with van der Waals surface area (Å²) in [6.45, 7) is 6.48. The van der Waals surface area contributed by atoms with Crippen LogP contribution in [0.3, 0.4) is 0 Å². The van der Waals surface area contributed by atoms with Crippen molar-refractivity contribution in [3.05, 3.63) is 53.6 Å². The Labute approximate surface area is 231 Å². The van der Waals surface area contributed by atoms with Crippen LogP contribution in [0.15, 0.2) is 42.5 Å². The zero-order valence-electron chi connectivity index (χ0n) is 22.4. The molecule has 0 spiro atoms. The molecule has 0 unspecified atom stereocenters. The highest BCUT2D eigenvalue weighted by Crippen LogP contribution is 2.47. The zero-order chi connectivity index (χ0) is 26.4. The molecular formula is C29H39ClN2O6. The number of benzene rings is 2. The summed E-state index contributed by atoms with van der Waals surface area (Å²) in [5.41, 5.74) is 1.73. The number of unbranched alkanes of at least 4 members (excludes halogenated alkanes) is 2. The Morgan fingerprint density at radius 1 is 1.00 bits per heavy atom. The number of hydrogen-bond acceptors (Lipinski definition) is 6. The Morgan fingerprint density at radius 3 is 2.24 bits per heavy atom. The molecule has 0 aliphatic carbocycles. The number of carboxylic acids is 1. The lowest BCUT2D eigenvalue weighted by Crippen LogP contribution is -2.42. The van der Waals surface area contributed by atoms with Crippen LogP contribution in [0.1, 0.15) is 62.6 Å². The average molecular weight is 547 g/mol. The van der Waals surface area contributed by atoms with Crippen molar-refractivity contribution in [1.29, 1.82) is 0 Å². The monoisotopic (exact) mass is 546 g/mol. The van der Waals surface area contributed by atoms with Crippen LogP contribution >= 0.6 is 12.4 Å². The van der Waals surface area contributed by atoms with Gasteiger partial charge in [0.1, 0.15) is 5.75 Å². The number of amides is 1. The number of carboxylic acid groups (broad SMARTS) is 1. The second kappa shape index (κ2) is 13.7. The van der Waals surface area contributed by atoms with Crippen molar-refractivity contribution in [2.75, 3.05) is 40.1 Å². The number of carbonyl (C=O) groups excluding carboxylic acids is 1. The first-order chi connectivity index (χ1) is 18.0. The number of halogens is 1. The lowest BCUT2D eigenvalue weighted by Gasteiger charge is -2.30. The molecule has 8 nitrogen and oxygen atoms in total. The van der Waals surface area contributed by atoms with E-state index in [1.807, 2.05) is 52.3 Å². The van der Waals surface area contributed by atoms with E-state index in [0.717, 1.165) is 49.9 Å². The maximum atomic E-state index is 13.5. The third-order valence-corrected chi connectivity index (χ3v) is 7.42. The minimum atomic E-state index is -0.882. The molecule has 2 aliphatic heterocycles. The van der Waals surface area contributed by atoms with Gasteiger partial charge in [0.05, 0.1) is 19.6 Å². The first-order valence-electron chi connectivity index (χ1n) is 13.2. The van der Waals surface area contributed by atoms with Gasteiger partial charge in [0.15, 0.2) is 11.5 Å². The maximum absolute atomic E-state index is 13.5. The van der Waals surface area contributed by atoms with Crippen molar-refractivity contribution in [2.45, 2.75) is 51.5 Å². The summed E-state index contributed by atoms with van der Waals surface area (Å²) in [5.74, 6) is 0.113. The molecular weight excluding hydrogens is 508 g/mol. The summed E-state index contributed by atoms with van der Waals surface area (Å²) in [6, 6.07) is 12.7. The van der Waals surface area contributed by atoms with Gasteiger partial charge in [-0.05, 0) is 48.2 Å². The summed E-state index contributed by atoms with van der Waals surface area (Å²) < 4.78 is 16.3. The Morgan fingerprint density at radius 2 is 1.63 bits per heavy atom. The second-order valence-corrected chi connectivity index (χ2v) is 9.82. The van der Waals surface area contributed by atoms with Crippen molar-refractivity contribution in [1.82, 2.24) is 9.80 Å². The standard InChI is InChI=1S/C29H38N2O6.ClH/c1-4-6-14-30(15-7-5-2)26(32)18-31-17-23(21-10-13-24-25(16-21)37-19-36-24)27(29(33)34)28(31)20-8-11-22(35-3)12-9-20;/h8-13,16,23,27-28H,4-7,14-15,17-19H2,1-3H3,(H,33,34);1H/t23-,27+,28-;/m1./s1. The fourth-order valence-corrected chi connectivity index (χ4v) is 5.41. The Bertz CT molecular complexity index is 1070. The minimum Gasteiger partial charge on any atom is -0.497 e. The van der Waals surface area contributed by atoms with Crippen LogP contribution in [0.25, 0.3) is 0 Å². The Kier molecular flexibility index (Phi) is 10.7. The van der Waals surface area contributed by atoms with Gasteiger partial charge in [0, 0.05) is 31.6 Å². The van der Waals surface area contributed by atoms with Crippen molar-refractivity contribution >= 4 is 24.3 Å². The average Bonchev–Trinajstić information content (AvgIpc) is 3.53. The van der Waals surface area contributed by atoms with Crippen LogP contribution in [0, 0.1) is 5.92 Å². The molecule has 2 aromatic carbocycles. The quantitative estimate of drug-likeness (QED) is 0.395. The number of likely N-dealkylation sites (tertiary alicyclic amines) is 1. The summed E-state index contributed by atoms with van der Waals surface area (Å²) >= 11 is 0. The summed E-state index contributed by atoms with van der Waals surface area (Å²) in [7, 11) is 1.60. The van der Waals surface area contributed by atoms with E-state index in [1.54, 1.807) is 7.11 Å². The van der Waals surface area contributed by atoms with Crippen LogP contribution < -0.4 is 14.2 Å². The molecule has 38 heavy (non-hydrogen) atoms. The van der Waals surface area contributed by atoms with Gasteiger partial charge in [0.2, 0.25) is 12.7 Å². The van der Waals surface area contributed by atoms with Gasteiger partial charge in [0.25, 0.3) is 0 Å². The molecule has 208 valence electrons. The first kappa shape index (κ1) is 29.6. The highest BCUT2D eigenvalue weighted by Gasteiger charge is 2.48. The predicted molar refractivity (Wildman–Crippen MR) is 147 cm³/mol. The third-order valence-electron chi connectivity index (χ3n) is 7.42. The summed E-state index contributed by atoms with van der Waals surface area (Å²) in [4.78, 5) is 30.3. The van der Waals surface area contributed by atoms with E-state index in [0.29, 0.717) is 23.8 Å². The molecule has 2 heterocycles. The number of methoxy groups -OCH3 is 1. The number of carbonyl (C=O) groups is 2. The molecule has 9 heteroatoms. The highest BCUT2D eigenvalue weighted by molar-refractivity contribution is 5.85. The van der Waals surface area contributed by atoms with Crippen LogP contribution in [-0.4, -0.2) is 66.9 Å². The molecule has 1 N–H and O–H groups in total. The normalized spacial score (nSPS) is 20.1. The molecule has 4 rings (SSSR count). The van der Waals surface area contributed by atoms with Gasteiger partial charge in [-0.3, -0.25) is 14.5 Å². The number of fused-ring (bicyclic) bond motifs is 1. The number of nitrogens with zero attached hydrogens (tertiary/aromatic N) is 2. The summed E-state index contributed by atoms with van der Waals surface area (Å²) in [5, 5.41) is 10.5. The fourth-order valence-electron chi connectivity index (χ4n) is 5.41. The fraction of sp³-hybridized carbons (Fsp3) is 0.517. The highest BCUT2D eigenvalue weighted by atomic mass is 35.5. The molecule has 0 radical (unpaired) electrons. The number of aliphatic carboxylic acids is 1. The smallest absolute Gasteiger partial charge is 0.309 e. The van der Waals surface area contributed by atoms with E-state index in [1.165, 1.54) is 0 Å². The number of hydrogen-bond donors (Lipinski definition) is 1. The van der Waals surface area contributed by atoms with Gasteiger partial charge in [-0.1, -0.05) is 44.9 Å². The van der Waals surface area contributed by atoms with Crippen LogP contribution in [0.4, 0.5) is 0 Å². The molecule has 1 amide bonds. The lowest BCUT2D eigenvalue weighted by molar-refractivity contribution is -0.144. The minimum absolute atomic E-state index is 0. The van der Waals surface area contributed by atoms with E-state index < -0.39 is 17.9 Å². The number of ether oxygens (including phenoxy) is 3. The molecule has 0 saturated carbocycles. The van der Waals surface area contributed by atoms with E-state index in [-0.39, 0.29) is 37.6 Å². The Hall–Kier alpha value is -2.97. The van der Waals surface area contributed by atoms with Gasteiger partial charge < -0.3 is 24.2 Å². The van der Waals surface area contributed by atoms with Crippen LogP contribution in [0.2, 0.25) is 0 Å². The molecule has 2 aromatic rings. The molecule has 1 saturated heterocycles. The van der Waals surface area contributed by atoms with Crippen LogP contribution in [-0.2, 0) is 9.59 Å². The van der Waals surface area contributed by atoms with Crippen LogP contribution in [0.5, 0.6) is 17.2 Å². The predicted octanol–water partition coefficient (Wildman–Crippen LogP) is 5.12. The zero-order valence-corrected chi connectivity index (χ0v) is 23.2. The molecule has 0 aromatic heterocycles. The van der Waals surface area contributed by atoms with Gasteiger partial charge in [-0.15, -0.1) is 12.4 Å². The van der Waals surface area contributed by atoms with Crippen molar-refractivity contribution in [3.8, 4) is 17.2 Å². The molecule has 1 fully saturated rings. The topological polar surface area (TPSA) is 88.5 Å². The van der Waals surface area contributed by atoms with E-state index in [9.17, 15) is 14.7 Å².